The topological polar surface area (TPSA) is 21.3 Å². The zero-order chi connectivity index (χ0) is 10.2. The Kier molecular flexibility index (Phi) is 5.88. The van der Waals surface area contributed by atoms with Gasteiger partial charge in [-0.25, -0.2) is 0 Å². The minimum atomic E-state index is 0.543. The van der Waals surface area contributed by atoms with Crippen LogP contribution in [0.3, 0.4) is 0 Å². The van der Waals surface area contributed by atoms with E-state index in [1.54, 1.807) is 0 Å². The maximum atomic E-state index is 5.42. The Morgan fingerprint density at radius 2 is 2.43 bits per heavy atom. The molecule has 1 unspecified atom stereocenters. The van der Waals surface area contributed by atoms with Crippen molar-refractivity contribution in [3.05, 3.63) is 11.6 Å². The minimum Gasteiger partial charge on any atom is -0.379 e. The summed E-state index contributed by atoms with van der Waals surface area (Å²) in [5.74, 6) is 0. The van der Waals surface area contributed by atoms with Crippen LogP contribution in [0.15, 0.2) is 11.6 Å². The molecule has 1 saturated heterocycles. The maximum absolute atomic E-state index is 5.42. The molecule has 0 aromatic heterocycles. The molecule has 2 heteroatoms. The van der Waals surface area contributed by atoms with Crippen molar-refractivity contribution in [2.45, 2.75) is 45.6 Å². The van der Waals surface area contributed by atoms with Crippen LogP contribution in [0.1, 0.15) is 39.5 Å². The van der Waals surface area contributed by atoms with Crippen molar-refractivity contribution in [3.8, 4) is 0 Å². The largest absolute Gasteiger partial charge is 0.379 e. The van der Waals surface area contributed by atoms with Gasteiger partial charge in [-0.15, -0.1) is 0 Å². The second-order valence-corrected chi connectivity index (χ2v) is 4.12. The lowest BCUT2D eigenvalue weighted by atomic mass is 10.1. The van der Waals surface area contributed by atoms with Gasteiger partial charge in [0.05, 0.1) is 13.2 Å². The van der Waals surface area contributed by atoms with Crippen molar-refractivity contribution in [1.82, 2.24) is 5.32 Å². The highest BCUT2D eigenvalue weighted by molar-refractivity contribution is 5.01. The van der Waals surface area contributed by atoms with Crippen molar-refractivity contribution in [2.75, 3.05) is 19.8 Å². The molecular formula is C12H23NO. The molecular weight excluding hydrogens is 174 g/mol. The van der Waals surface area contributed by atoms with Gasteiger partial charge in [0, 0.05) is 12.6 Å². The molecule has 14 heavy (non-hydrogen) atoms. The number of unbranched alkanes of at least 4 members (excludes halogenated alkanes) is 2. The van der Waals surface area contributed by atoms with Crippen LogP contribution in [0, 0.1) is 0 Å². The normalized spacial score (nSPS) is 23.9. The summed E-state index contributed by atoms with van der Waals surface area (Å²) >= 11 is 0. The van der Waals surface area contributed by atoms with Gasteiger partial charge < -0.3 is 10.1 Å². The van der Waals surface area contributed by atoms with Crippen LogP contribution in [0.2, 0.25) is 0 Å². The monoisotopic (exact) mass is 197 g/mol. The Labute approximate surface area is 87.7 Å². The second kappa shape index (κ2) is 7.02. The van der Waals surface area contributed by atoms with E-state index in [-0.39, 0.29) is 0 Å². The van der Waals surface area contributed by atoms with Crippen LogP contribution in [0.25, 0.3) is 0 Å². The fourth-order valence-electron chi connectivity index (χ4n) is 1.78. The first-order valence-corrected chi connectivity index (χ1v) is 5.79. The van der Waals surface area contributed by atoms with E-state index < -0.39 is 0 Å². The molecule has 1 aliphatic heterocycles. The van der Waals surface area contributed by atoms with E-state index in [1.165, 1.54) is 24.8 Å². The van der Waals surface area contributed by atoms with Crippen molar-refractivity contribution in [3.63, 3.8) is 0 Å². The molecule has 0 aromatic carbocycles. The molecule has 1 N–H and O–H groups in total. The zero-order valence-corrected chi connectivity index (χ0v) is 9.51. The summed E-state index contributed by atoms with van der Waals surface area (Å²) in [6.07, 6.45) is 7.35. The molecule has 1 rings (SSSR count). The predicted molar refractivity (Wildman–Crippen MR) is 60.5 cm³/mol. The second-order valence-electron chi connectivity index (χ2n) is 4.12. The van der Waals surface area contributed by atoms with Crippen LogP contribution in [0.5, 0.6) is 0 Å². The third kappa shape index (κ3) is 4.77. The van der Waals surface area contributed by atoms with E-state index >= 15 is 0 Å². The Balaban J connectivity index is 2.17. The lowest BCUT2D eigenvalue weighted by Gasteiger charge is -2.24. The van der Waals surface area contributed by atoms with E-state index in [2.05, 4.69) is 25.2 Å². The van der Waals surface area contributed by atoms with Gasteiger partial charge in [0.2, 0.25) is 0 Å². The van der Waals surface area contributed by atoms with Crippen LogP contribution in [-0.4, -0.2) is 25.8 Å². The molecule has 82 valence electrons. The Hall–Kier alpha value is -0.340. The summed E-state index contributed by atoms with van der Waals surface area (Å²) in [7, 11) is 0. The van der Waals surface area contributed by atoms with E-state index in [1.807, 2.05) is 0 Å². The molecule has 2 nitrogen and oxygen atoms in total. The molecule has 1 heterocycles. The van der Waals surface area contributed by atoms with Gasteiger partial charge in [-0.2, -0.15) is 0 Å². The van der Waals surface area contributed by atoms with Crippen LogP contribution in [0.4, 0.5) is 0 Å². The fourth-order valence-corrected chi connectivity index (χ4v) is 1.78. The quantitative estimate of drug-likeness (QED) is 0.540. The van der Waals surface area contributed by atoms with Crippen LogP contribution in [-0.2, 0) is 4.74 Å². The highest BCUT2D eigenvalue weighted by Crippen LogP contribution is 2.09. The molecule has 0 saturated carbocycles. The lowest BCUT2D eigenvalue weighted by Crippen LogP contribution is -2.41. The first-order chi connectivity index (χ1) is 6.83. The van der Waals surface area contributed by atoms with Gasteiger partial charge >= 0.3 is 0 Å². The molecule has 0 amide bonds. The van der Waals surface area contributed by atoms with Crippen molar-refractivity contribution >= 4 is 0 Å². The minimum absolute atomic E-state index is 0.543. The van der Waals surface area contributed by atoms with E-state index in [9.17, 15) is 0 Å². The van der Waals surface area contributed by atoms with Crippen LogP contribution >= 0.6 is 0 Å². The van der Waals surface area contributed by atoms with Crippen molar-refractivity contribution in [1.29, 1.82) is 0 Å². The number of morpholine rings is 1. The third-order valence-corrected chi connectivity index (χ3v) is 2.62. The third-order valence-electron chi connectivity index (χ3n) is 2.62. The van der Waals surface area contributed by atoms with E-state index in [0.717, 1.165) is 26.2 Å². The molecule has 0 spiro atoms. The molecule has 0 aliphatic carbocycles. The number of allylic oxidation sites excluding steroid dienone is 1. The highest BCUT2D eigenvalue weighted by Gasteiger charge is 2.12. The standard InChI is InChI=1S/C12H23NO/c1-3-4-5-6-11(2)9-12-10-14-8-7-13-12/h6,12-13H,3-5,7-10H2,1-2H3/b11-6-. The number of ether oxygens (including phenoxy) is 1. The summed E-state index contributed by atoms with van der Waals surface area (Å²) < 4.78 is 5.42. The Morgan fingerprint density at radius 1 is 1.57 bits per heavy atom. The summed E-state index contributed by atoms with van der Waals surface area (Å²) in [5, 5.41) is 3.47. The number of rotatable bonds is 5. The lowest BCUT2D eigenvalue weighted by molar-refractivity contribution is 0.0770. The summed E-state index contributed by atoms with van der Waals surface area (Å²) in [6.45, 7) is 7.21. The highest BCUT2D eigenvalue weighted by atomic mass is 16.5. The smallest absolute Gasteiger partial charge is 0.0623 e. The van der Waals surface area contributed by atoms with E-state index in [4.69, 9.17) is 4.74 Å². The SMILES string of the molecule is CCCC/C=C(/C)CC1COCCN1. The summed E-state index contributed by atoms with van der Waals surface area (Å²) in [6, 6.07) is 0.543. The summed E-state index contributed by atoms with van der Waals surface area (Å²) in [5.41, 5.74) is 1.50. The first-order valence-electron chi connectivity index (χ1n) is 5.79. The van der Waals surface area contributed by atoms with Crippen LogP contribution < -0.4 is 5.32 Å². The van der Waals surface area contributed by atoms with Crippen molar-refractivity contribution < 1.29 is 4.74 Å². The van der Waals surface area contributed by atoms with Gasteiger partial charge in [0.1, 0.15) is 0 Å². The van der Waals surface area contributed by atoms with E-state index in [0.29, 0.717) is 6.04 Å². The number of hydrogen-bond acceptors (Lipinski definition) is 2. The maximum Gasteiger partial charge on any atom is 0.0623 e. The summed E-state index contributed by atoms with van der Waals surface area (Å²) in [4.78, 5) is 0. The zero-order valence-electron chi connectivity index (χ0n) is 9.51. The number of nitrogens with one attached hydrogen (secondary N) is 1. The predicted octanol–water partition coefficient (Wildman–Crippen LogP) is 2.50. The van der Waals surface area contributed by atoms with Gasteiger partial charge in [0.25, 0.3) is 0 Å². The molecule has 1 aliphatic rings. The Bertz CT molecular complexity index is 171. The average Bonchev–Trinajstić information content (AvgIpc) is 2.20. The Morgan fingerprint density at radius 3 is 3.07 bits per heavy atom. The number of hydrogen-bond donors (Lipinski definition) is 1. The average molecular weight is 197 g/mol. The molecule has 1 atom stereocenters. The molecule has 0 aromatic rings. The molecule has 0 bridgehead atoms. The van der Waals surface area contributed by atoms with Gasteiger partial charge in [-0.1, -0.05) is 31.4 Å². The van der Waals surface area contributed by atoms with Gasteiger partial charge in [-0.3, -0.25) is 0 Å². The molecule has 0 radical (unpaired) electrons. The molecule has 1 fully saturated rings. The fraction of sp³-hybridized carbons (Fsp3) is 0.833. The first kappa shape index (κ1) is 11.7. The van der Waals surface area contributed by atoms with Gasteiger partial charge in [-0.05, 0) is 19.8 Å². The van der Waals surface area contributed by atoms with Crippen molar-refractivity contribution in [2.24, 2.45) is 0 Å². The van der Waals surface area contributed by atoms with Gasteiger partial charge in [0.15, 0.2) is 0 Å².